The molecule has 0 spiro atoms. The van der Waals surface area contributed by atoms with Crippen LogP contribution in [0.15, 0.2) is 54.6 Å². The van der Waals surface area contributed by atoms with E-state index >= 15 is 0 Å². The number of rotatable bonds is 13. The standard InChI is InChI=1S/C28H38S8Si2/c1-29-19-9-11-33-25(19)23-17-21(31-13-15-37(3,4)5)27(35-23)28-22(32-14-16-38(6,7)8)18-24(36-28)26-20(30-2)10-12-34-26/h9-12,17-18H,13-16H2,1-8H3. The van der Waals surface area contributed by atoms with Gasteiger partial charge in [-0.05, 0) is 71.1 Å². The highest BCUT2D eigenvalue weighted by atomic mass is 32.2. The first-order valence-corrected chi connectivity index (χ1v) is 28.0. The van der Waals surface area contributed by atoms with Crippen molar-refractivity contribution in [2.45, 2.75) is 71.0 Å². The molecule has 38 heavy (non-hydrogen) atoms. The third-order valence-corrected chi connectivity index (χ3v) is 19.0. The maximum atomic E-state index is 2.51. The summed E-state index contributed by atoms with van der Waals surface area (Å²) in [5, 5.41) is 4.50. The van der Waals surface area contributed by atoms with Crippen molar-refractivity contribution in [2.75, 3.05) is 24.0 Å². The summed E-state index contributed by atoms with van der Waals surface area (Å²) < 4.78 is 0. The van der Waals surface area contributed by atoms with Crippen molar-refractivity contribution in [3.63, 3.8) is 0 Å². The van der Waals surface area contributed by atoms with Crippen LogP contribution in [-0.2, 0) is 0 Å². The first kappa shape index (κ1) is 31.6. The SMILES string of the molecule is CSc1ccsc1-c1cc(SCC[Si](C)(C)C)c(-c2sc(-c3sccc3SC)cc2SCC[Si](C)(C)C)s1. The fraction of sp³-hybridized carbons (Fsp3) is 0.429. The first-order valence-electron chi connectivity index (χ1n) is 12.8. The molecule has 4 rings (SSSR count). The molecule has 4 aromatic heterocycles. The molecule has 4 aromatic rings. The summed E-state index contributed by atoms with van der Waals surface area (Å²) in [5.74, 6) is 2.44. The minimum Gasteiger partial charge on any atom is -0.142 e. The van der Waals surface area contributed by atoms with Crippen molar-refractivity contribution in [1.82, 2.24) is 0 Å². The number of thiophene rings is 4. The second kappa shape index (κ2) is 13.7. The first-order chi connectivity index (χ1) is 18.0. The minimum absolute atomic E-state index is 1.08. The summed E-state index contributed by atoms with van der Waals surface area (Å²) in [5.41, 5.74) is 0. The van der Waals surface area contributed by atoms with Crippen molar-refractivity contribution in [3.8, 4) is 29.3 Å². The van der Waals surface area contributed by atoms with E-state index < -0.39 is 16.1 Å². The molecule has 0 fully saturated rings. The van der Waals surface area contributed by atoms with E-state index in [-0.39, 0.29) is 0 Å². The van der Waals surface area contributed by atoms with Gasteiger partial charge in [-0.1, -0.05) is 39.3 Å². The highest BCUT2D eigenvalue weighted by Gasteiger charge is 2.24. The largest absolute Gasteiger partial charge is 0.142 e. The maximum absolute atomic E-state index is 2.51. The summed E-state index contributed by atoms with van der Waals surface area (Å²) in [4.78, 5) is 14.5. The van der Waals surface area contributed by atoms with Crippen molar-refractivity contribution < 1.29 is 0 Å². The summed E-state index contributed by atoms with van der Waals surface area (Å²) in [6, 6.07) is 12.3. The molecule has 0 atom stereocenters. The van der Waals surface area contributed by atoms with Crippen LogP contribution in [0.2, 0.25) is 51.4 Å². The zero-order chi connectivity index (χ0) is 27.5. The van der Waals surface area contributed by atoms with Crippen LogP contribution in [0.4, 0.5) is 0 Å². The van der Waals surface area contributed by atoms with E-state index in [1.54, 1.807) is 0 Å². The van der Waals surface area contributed by atoms with Gasteiger partial charge >= 0.3 is 0 Å². The molecule has 206 valence electrons. The molecule has 10 heteroatoms. The molecule has 0 N–H and O–H groups in total. The fourth-order valence-electron chi connectivity index (χ4n) is 3.71. The summed E-state index contributed by atoms with van der Waals surface area (Å²) in [6.45, 7) is 15.0. The van der Waals surface area contributed by atoms with Gasteiger partial charge in [-0.15, -0.1) is 92.4 Å². The van der Waals surface area contributed by atoms with Crippen molar-refractivity contribution >= 4 is 109 Å². The lowest BCUT2D eigenvalue weighted by molar-refractivity contribution is 1.36. The van der Waals surface area contributed by atoms with Crippen LogP contribution in [0.1, 0.15) is 0 Å². The van der Waals surface area contributed by atoms with Crippen LogP contribution >= 0.6 is 92.4 Å². The number of hydrogen-bond donors (Lipinski definition) is 0. The molecule has 0 aromatic carbocycles. The molecule has 4 heterocycles. The lowest BCUT2D eigenvalue weighted by Crippen LogP contribution is -2.19. The zero-order valence-electron chi connectivity index (χ0n) is 23.6. The summed E-state index contributed by atoms with van der Waals surface area (Å²) in [7, 11) is -2.15. The van der Waals surface area contributed by atoms with Gasteiger partial charge in [0.2, 0.25) is 0 Å². The van der Waals surface area contributed by atoms with E-state index in [9.17, 15) is 0 Å². The Morgan fingerprint density at radius 2 is 0.974 bits per heavy atom. The number of hydrogen-bond acceptors (Lipinski definition) is 8. The maximum Gasteiger partial charge on any atom is 0.0596 e. The Kier molecular flexibility index (Phi) is 11.4. The highest BCUT2D eigenvalue weighted by Crippen LogP contribution is 2.53. The molecule has 0 aliphatic rings. The topological polar surface area (TPSA) is 0 Å². The molecular formula is C28H38S8Si2. The van der Waals surface area contributed by atoms with Crippen LogP contribution in [0.25, 0.3) is 29.3 Å². The summed E-state index contributed by atoms with van der Waals surface area (Å²) >= 11 is 15.8. The van der Waals surface area contributed by atoms with Gasteiger partial charge in [0, 0.05) is 45.5 Å². The van der Waals surface area contributed by atoms with Crippen molar-refractivity contribution in [1.29, 1.82) is 0 Å². The van der Waals surface area contributed by atoms with Gasteiger partial charge in [0.05, 0.1) is 19.5 Å². The second-order valence-corrected chi connectivity index (χ2v) is 30.7. The molecular weight excluding hydrogens is 649 g/mol. The van der Waals surface area contributed by atoms with Crippen LogP contribution in [0.5, 0.6) is 0 Å². The molecule has 0 aliphatic carbocycles. The Bertz CT molecular complexity index is 1230. The third kappa shape index (κ3) is 8.35. The van der Waals surface area contributed by atoms with Gasteiger partial charge in [-0.3, -0.25) is 0 Å². The third-order valence-electron chi connectivity index (χ3n) is 5.97. The predicted octanol–water partition coefficient (Wildman–Crippen LogP) is 13.2. The zero-order valence-corrected chi connectivity index (χ0v) is 32.1. The van der Waals surface area contributed by atoms with Gasteiger partial charge in [-0.25, -0.2) is 0 Å². The monoisotopic (exact) mass is 686 g/mol. The van der Waals surface area contributed by atoms with E-state index in [1.165, 1.54) is 72.4 Å². The van der Waals surface area contributed by atoms with E-state index in [0.717, 1.165) is 0 Å². The Morgan fingerprint density at radius 3 is 1.32 bits per heavy atom. The van der Waals surface area contributed by atoms with E-state index in [0.29, 0.717) is 0 Å². The van der Waals surface area contributed by atoms with Gasteiger partial charge in [0.1, 0.15) is 0 Å². The second-order valence-electron chi connectivity index (χ2n) is 11.6. The highest BCUT2D eigenvalue weighted by molar-refractivity contribution is 8.00. The molecule has 0 unspecified atom stereocenters. The molecule has 0 saturated heterocycles. The van der Waals surface area contributed by atoms with Crippen LogP contribution in [0, 0.1) is 0 Å². The normalized spacial score (nSPS) is 12.5. The molecule has 0 radical (unpaired) electrons. The van der Waals surface area contributed by atoms with Crippen LogP contribution in [-0.4, -0.2) is 40.2 Å². The molecule has 0 saturated carbocycles. The van der Waals surface area contributed by atoms with E-state index in [2.05, 4.69) is 110 Å². The summed E-state index contributed by atoms with van der Waals surface area (Å²) in [6.07, 6.45) is 4.40. The number of thioether (sulfide) groups is 4. The van der Waals surface area contributed by atoms with Crippen molar-refractivity contribution in [3.05, 3.63) is 35.0 Å². The van der Waals surface area contributed by atoms with Gasteiger partial charge < -0.3 is 0 Å². The Hall–Kier alpha value is 0.634. The Morgan fingerprint density at radius 1 is 0.579 bits per heavy atom. The molecule has 0 bridgehead atoms. The predicted molar refractivity (Wildman–Crippen MR) is 196 cm³/mol. The van der Waals surface area contributed by atoms with Gasteiger partial charge in [0.15, 0.2) is 0 Å². The molecule has 0 aliphatic heterocycles. The lowest BCUT2D eigenvalue weighted by Gasteiger charge is -2.15. The average molecular weight is 687 g/mol. The lowest BCUT2D eigenvalue weighted by atomic mass is 10.3. The van der Waals surface area contributed by atoms with Gasteiger partial charge in [-0.2, -0.15) is 0 Å². The smallest absolute Gasteiger partial charge is 0.0596 e. The Balaban J connectivity index is 1.78. The molecule has 0 nitrogen and oxygen atoms in total. The van der Waals surface area contributed by atoms with Crippen LogP contribution < -0.4 is 0 Å². The van der Waals surface area contributed by atoms with E-state index in [4.69, 9.17) is 0 Å². The quantitative estimate of drug-likeness (QED) is 0.101. The van der Waals surface area contributed by atoms with Crippen molar-refractivity contribution in [2.24, 2.45) is 0 Å². The van der Waals surface area contributed by atoms with E-state index in [1.807, 2.05) is 68.9 Å². The van der Waals surface area contributed by atoms with Gasteiger partial charge in [0.25, 0.3) is 0 Å². The minimum atomic E-state index is -1.08. The van der Waals surface area contributed by atoms with Crippen LogP contribution in [0.3, 0.4) is 0 Å². The average Bonchev–Trinajstić information content (AvgIpc) is 3.61. The molecule has 0 amide bonds. The Labute approximate surface area is 265 Å². The fourth-order valence-corrected chi connectivity index (χ4v) is 17.8.